The molecule has 0 aliphatic rings. The summed E-state index contributed by atoms with van der Waals surface area (Å²) in [6.45, 7) is 0. The molecule has 0 heterocycles. The summed E-state index contributed by atoms with van der Waals surface area (Å²) >= 11 is 5.98. The van der Waals surface area contributed by atoms with Gasteiger partial charge in [0.1, 0.15) is 0 Å². The van der Waals surface area contributed by atoms with E-state index < -0.39 is 17.9 Å². The number of carbonyl (C=O) groups is 2. The van der Waals surface area contributed by atoms with E-state index in [4.69, 9.17) is 11.6 Å². The molecule has 4 nitrogen and oxygen atoms in total. The standard InChI is InChI=1S/C15H12ClNO3/c16-12-9-5-4-8-11(12)13(15(19)20)17-14(18)10-6-2-1-3-7-10/h1-9,13H,(H,17,18)(H,19,20)/t13-/m0/s1. The first-order valence-electron chi connectivity index (χ1n) is 5.92. The number of benzene rings is 2. The summed E-state index contributed by atoms with van der Waals surface area (Å²) in [5.74, 6) is -1.62. The molecule has 0 saturated heterocycles. The van der Waals surface area contributed by atoms with Crippen LogP contribution in [0.3, 0.4) is 0 Å². The quantitative estimate of drug-likeness (QED) is 0.909. The van der Waals surface area contributed by atoms with Crippen LogP contribution in [0.1, 0.15) is 22.0 Å². The van der Waals surface area contributed by atoms with Crippen LogP contribution in [-0.2, 0) is 4.79 Å². The lowest BCUT2D eigenvalue weighted by molar-refractivity contribution is -0.139. The molecule has 2 rings (SSSR count). The van der Waals surface area contributed by atoms with Gasteiger partial charge < -0.3 is 10.4 Å². The Morgan fingerprint density at radius 2 is 1.60 bits per heavy atom. The molecule has 1 atom stereocenters. The third kappa shape index (κ3) is 3.16. The first kappa shape index (κ1) is 14.1. The minimum absolute atomic E-state index is 0.299. The van der Waals surface area contributed by atoms with Gasteiger partial charge in [0, 0.05) is 16.1 Å². The van der Waals surface area contributed by atoms with Gasteiger partial charge in [-0.25, -0.2) is 4.79 Å². The summed E-state index contributed by atoms with van der Waals surface area (Å²) in [4.78, 5) is 23.4. The van der Waals surface area contributed by atoms with Gasteiger partial charge in [-0.2, -0.15) is 0 Å². The van der Waals surface area contributed by atoms with Crippen LogP contribution in [0.2, 0.25) is 5.02 Å². The molecule has 5 heteroatoms. The van der Waals surface area contributed by atoms with Crippen molar-refractivity contribution in [2.45, 2.75) is 6.04 Å². The van der Waals surface area contributed by atoms with Gasteiger partial charge in [0.25, 0.3) is 5.91 Å². The predicted molar refractivity (Wildman–Crippen MR) is 75.7 cm³/mol. The fraction of sp³-hybridized carbons (Fsp3) is 0.0667. The smallest absolute Gasteiger partial charge is 0.330 e. The van der Waals surface area contributed by atoms with Gasteiger partial charge in [0.15, 0.2) is 6.04 Å². The van der Waals surface area contributed by atoms with Crippen LogP contribution < -0.4 is 5.32 Å². The Labute approximate surface area is 121 Å². The number of hydrogen-bond donors (Lipinski definition) is 2. The molecule has 102 valence electrons. The first-order chi connectivity index (χ1) is 9.59. The number of halogens is 1. The number of carboxylic acids is 1. The number of rotatable bonds is 4. The summed E-state index contributed by atoms with van der Waals surface area (Å²) in [5.41, 5.74) is 0.747. The summed E-state index contributed by atoms with van der Waals surface area (Å²) < 4.78 is 0. The monoisotopic (exact) mass is 289 g/mol. The molecule has 2 aromatic rings. The van der Waals surface area contributed by atoms with Gasteiger partial charge in [-0.3, -0.25) is 4.79 Å². The average molecular weight is 290 g/mol. The van der Waals surface area contributed by atoms with Gasteiger partial charge >= 0.3 is 5.97 Å². The molecule has 0 spiro atoms. The lowest BCUT2D eigenvalue weighted by Crippen LogP contribution is -2.33. The van der Waals surface area contributed by atoms with Crippen molar-refractivity contribution >= 4 is 23.5 Å². The lowest BCUT2D eigenvalue weighted by Gasteiger charge is -2.16. The Morgan fingerprint density at radius 1 is 1.00 bits per heavy atom. The number of carboxylic acid groups (broad SMARTS) is 1. The van der Waals surface area contributed by atoms with E-state index in [0.717, 1.165) is 0 Å². The minimum atomic E-state index is -1.18. The highest BCUT2D eigenvalue weighted by atomic mass is 35.5. The maximum atomic E-state index is 12.0. The van der Waals surface area contributed by atoms with Gasteiger partial charge in [-0.1, -0.05) is 48.0 Å². The van der Waals surface area contributed by atoms with E-state index >= 15 is 0 Å². The van der Waals surface area contributed by atoms with Gasteiger partial charge in [0.2, 0.25) is 0 Å². The molecular weight excluding hydrogens is 278 g/mol. The van der Waals surface area contributed by atoms with Crippen molar-refractivity contribution in [2.75, 3.05) is 0 Å². The van der Waals surface area contributed by atoms with Crippen LogP contribution in [0.25, 0.3) is 0 Å². The molecule has 0 aliphatic heterocycles. The van der Waals surface area contributed by atoms with Gasteiger partial charge in [0.05, 0.1) is 0 Å². The number of carbonyl (C=O) groups excluding carboxylic acids is 1. The maximum absolute atomic E-state index is 12.0. The van der Waals surface area contributed by atoms with E-state index in [9.17, 15) is 14.7 Å². The van der Waals surface area contributed by atoms with E-state index in [1.165, 1.54) is 0 Å². The van der Waals surface area contributed by atoms with Crippen LogP contribution in [0.5, 0.6) is 0 Å². The highest BCUT2D eigenvalue weighted by molar-refractivity contribution is 6.31. The molecule has 0 fully saturated rings. The largest absolute Gasteiger partial charge is 0.479 e. The summed E-state index contributed by atoms with van der Waals surface area (Å²) in [7, 11) is 0. The molecule has 0 bridgehead atoms. The normalized spacial score (nSPS) is 11.7. The third-order valence-corrected chi connectivity index (χ3v) is 3.12. The topological polar surface area (TPSA) is 66.4 Å². The molecule has 0 unspecified atom stereocenters. The summed E-state index contributed by atoms with van der Waals surface area (Å²) in [5, 5.41) is 12.0. The minimum Gasteiger partial charge on any atom is -0.479 e. The summed E-state index contributed by atoms with van der Waals surface area (Å²) in [6.07, 6.45) is 0. The predicted octanol–water partition coefficient (Wildman–Crippen LogP) is 2.90. The van der Waals surface area contributed by atoms with Crippen molar-refractivity contribution in [3.05, 3.63) is 70.7 Å². The van der Waals surface area contributed by atoms with E-state index in [-0.39, 0.29) is 0 Å². The molecule has 20 heavy (non-hydrogen) atoms. The molecule has 2 aromatic carbocycles. The van der Waals surface area contributed by atoms with Crippen LogP contribution in [0.4, 0.5) is 0 Å². The average Bonchev–Trinajstić information content (AvgIpc) is 2.46. The molecule has 0 radical (unpaired) electrons. The zero-order valence-electron chi connectivity index (χ0n) is 10.4. The van der Waals surface area contributed by atoms with Crippen LogP contribution in [0.15, 0.2) is 54.6 Å². The Balaban J connectivity index is 2.26. The number of nitrogens with one attached hydrogen (secondary N) is 1. The van der Waals surface area contributed by atoms with Crippen molar-refractivity contribution in [3.8, 4) is 0 Å². The Hall–Kier alpha value is -2.33. The van der Waals surface area contributed by atoms with Crippen LogP contribution >= 0.6 is 11.6 Å². The van der Waals surface area contributed by atoms with Gasteiger partial charge in [-0.05, 0) is 18.2 Å². The van der Waals surface area contributed by atoms with Crippen molar-refractivity contribution in [1.29, 1.82) is 0 Å². The van der Waals surface area contributed by atoms with E-state index in [2.05, 4.69) is 5.32 Å². The number of amides is 1. The zero-order chi connectivity index (χ0) is 14.5. The number of hydrogen-bond acceptors (Lipinski definition) is 2. The van der Waals surface area contributed by atoms with E-state index in [0.29, 0.717) is 16.1 Å². The summed E-state index contributed by atoms with van der Waals surface area (Å²) in [6, 6.07) is 13.8. The number of aliphatic carboxylic acids is 1. The van der Waals surface area contributed by atoms with Crippen LogP contribution in [-0.4, -0.2) is 17.0 Å². The van der Waals surface area contributed by atoms with Gasteiger partial charge in [-0.15, -0.1) is 0 Å². The molecular formula is C15H12ClNO3. The van der Waals surface area contributed by atoms with E-state index in [1.807, 2.05) is 0 Å². The maximum Gasteiger partial charge on any atom is 0.330 e. The SMILES string of the molecule is O=C(N[C@H](C(=O)O)c1ccccc1Cl)c1ccccc1. The Bertz CT molecular complexity index is 628. The Kier molecular flexibility index (Phi) is 4.38. The molecule has 0 aromatic heterocycles. The molecule has 0 saturated carbocycles. The Morgan fingerprint density at radius 3 is 2.20 bits per heavy atom. The first-order valence-corrected chi connectivity index (χ1v) is 6.30. The zero-order valence-corrected chi connectivity index (χ0v) is 11.2. The molecule has 0 aliphatic carbocycles. The van der Waals surface area contributed by atoms with Crippen molar-refractivity contribution in [1.82, 2.24) is 5.32 Å². The molecule has 1 amide bonds. The van der Waals surface area contributed by atoms with Crippen molar-refractivity contribution < 1.29 is 14.7 Å². The second-order valence-corrected chi connectivity index (χ2v) is 4.54. The van der Waals surface area contributed by atoms with Crippen molar-refractivity contribution in [2.24, 2.45) is 0 Å². The fourth-order valence-electron chi connectivity index (χ4n) is 1.79. The molecule has 2 N–H and O–H groups in total. The highest BCUT2D eigenvalue weighted by Crippen LogP contribution is 2.23. The lowest BCUT2D eigenvalue weighted by atomic mass is 10.1. The van der Waals surface area contributed by atoms with Crippen molar-refractivity contribution in [3.63, 3.8) is 0 Å². The second kappa shape index (κ2) is 6.21. The van der Waals surface area contributed by atoms with Crippen LogP contribution in [0, 0.1) is 0 Å². The fourth-order valence-corrected chi connectivity index (χ4v) is 2.03. The second-order valence-electron chi connectivity index (χ2n) is 4.13. The van der Waals surface area contributed by atoms with E-state index in [1.54, 1.807) is 54.6 Å². The third-order valence-electron chi connectivity index (χ3n) is 2.77. The highest BCUT2D eigenvalue weighted by Gasteiger charge is 2.24.